The second-order valence-electron chi connectivity index (χ2n) is 5.33. The molecule has 0 saturated heterocycles. The van der Waals surface area contributed by atoms with E-state index in [1.807, 2.05) is 0 Å². The van der Waals surface area contributed by atoms with Crippen LogP contribution in [0.1, 0.15) is 25.6 Å². The van der Waals surface area contributed by atoms with Gasteiger partial charge in [0.15, 0.2) is 0 Å². The van der Waals surface area contributed by atoms with E-state index in [2.05, 4.69) is 31.1 Å². The van der Waals surface area contributed by atoms with Gasteiger partial charge in [-0.15, -0.1) is 11.3 Å². The number of nitrogens with one attached hydrogen (secondary N) is 1. The first kappa shape index (κ1) is 14.1. The first-order valence-electron chi connectivity index (χ1n) is 6.01. The van der Waals surface area contributed by atoms with Crippen LogP contribution in [-0.2, 0) is 6.54 Å². The van der Waals surface area contributed by atoms with Crippen molar-refractivity contribution in [2.24, 2.45) is 0 Å². The van der Waals surface area contributed by atoms with Crippen molar-refractivity contribution < 1.29 is 8.78 Å². The maximum absolute atomic E-state index is 13.6. The lowest BCUT2D eigenvalue weighted by Gasteiger charge is -2.19. The molecule has 0 bridgehead atoms. The molecule has 0 radical (unpaired) electrons. The first-order valence-corrected chi connectivity index (χ1v) is 6.82. The molecule has 0 aliphatic rings. The topological polar surface area (TPSA) is 24.9 Å². The quantitative estimate of drug-likeness (QED) is 0.921. The summed E-state index contributed by atoms with van der Waals surface area (Å²) in [5.74, 6) is -1.16. The summed E-state index contributed by atoms with van der Waals surface area (Å²) >= 11 is 1.30. The number of benzene rings is 1. The van der Waals surface area contributed by atoms with Gasteiger partial charge in [0.05, 0.1) is 5.56 Å². The van der Waals surface area contributed by atoms with Crippen LogP contribution in [-0.4, -0.2) is 10.5 Å². The molecule has 0 atom stereocenters. The standard InChI is InChI=1S/C14H16F2N2S/c1-14(2,3)18-8-9-7-17-13(19-9)12-10(15)5-4-6-11(12)16/h4-7,18H,8H2,1-3H3. The molecule has 0 amide bonds. The molecule has 0 aliphatic carbocycles. The number of thiazole rings is 1. The fourth-order valence-corrected chi connectivity index (χ4v) is 2.46. The highest BCUT2D eigenvalue weighted by molar-refractivity contribution is 7.15. The maximum atomic E-state index is 13.6. The fraction of sp³-hybridized carbons (Fsp3) is 0.357. The lowest BCUT2D eigenvalue weighted by Crippen LogP contribution is -2.34. The first-order chi connectivity index (χ1) is 8.87. The summed E-state index contributed by atoms with van der Waals surface area (Å²) in [6.45, 7) is 6.82. The van der Waals surface area contributed by atoms with Gasteiger partial charge in [-0.2, -0.15) is 0 Å². The minimum Gasteiger partial charge on any atom is -0.307 e. The number of aromatic nitrogens is 1. The molecule has 0 saturated carbocycles. The van der Waals surface area contributed by atoms with Crippen molar-refractivity contribution in [2.45, 2.75) is 32.9 Å². The number of rotatable bonds is 3. The van der Waals surface area contributed by atoms with Crippen molar-refractivity contribution in [3.8, 4) is 10.6 Å². The Morgan fingerprint density at radius 2 is 1.84 bits per heavy atom. The molecule has 1 aromatic carbocycles. The Morgan fingerprint density at radius 3 is 2.42 bits per heavy atom. The average molecular weight is 282 g/mol. The molecule has 102 valence electrons. The molecule has 1 heterocycles. The summed E-state index contributed by atoms with van der Waals surface area (Å²) in [7, 11) is 0. The monoisotopic (exact) mass is 282 g/mol. The molecule has 1 aromatic heterocycles. The second-order valence-corrected chi connectivity index (χ2v) is 6.45. The molecule has 0 spiro atoms. The molecule has 0 fully saturated rings. The van der Waals surface area contributed by atoms with Crippen LogP contribution in [0.25, 0.3) is 10.6 Å². The number of halogens is 2. The zero-order chi connectivity index (χ0) is 14.0. The van der Waals surface area contributed by atoms with Gasteiger partial charge in [-0.3, -0.25) is 0 Å². The van der Waals surface area contributed by atoms with Crippen LogP contribution in [0, 0.1) is 11.6 Å². The molecule has 1 N–H and O–H groups in total. The van der Waals surface area contributed by atoms with Gasteiger partial charge < -0.3 is 5.32 Å². The summed E-state index contributed by atoms with van der Waals surface area (Å²) in [5.41, 5.74) is -0.0533. The lowest BCUT2D eigenvalue weighted by atomic mass is 10.1. The maximum Gasteiger partial charge on any atom is 0.136 e. The van der Waals surface area contributed by atoms with Gasteiger partial charge in [0.25, 0.3) is 0 Å². The van der Waals surface area contributed by atoms with E-state index in [1.54, 1.807) is 6.20 Å². The smallest absolute Gasteiger partial charge is 0.136 e. The number of nitrogens with zero attached hydrogens (tertiary/aromatic N) is 1. The van der Waals surface area contributed by atoms with E-state index in [0.29, 0.717) is 11.6 Å². The van der Waals surface area contributed by atoms with Crippen LogP contribution >= 0.6 is 11.3 Å². The van der Waals surface area contributed by atoms with Crippen molar-refractivity contribution in [3.05, 3.63) is 40.9 Å². The van der Waals surface area contributed by atoms with Crippen LogP contribution in [0.3, 0.4) is 0 Å². The largest absolute Gasteiger partial charge is 0.307 e. The fourth-order valence-electron chi connectivity index (χ4n) is 1.56. The van der Waals surface area contributed by atoms with E-state index in [4.69, 9.17) is 0 Å². The molecule has 0 unspecified atom stereocenters. The van der Waals surface area contributed by atoms with Gasteiger partial charge in [-0.05, 0) is 32.9 Å². The van der Waals surface area contributed by atoms with Gasteiger partial charge in [-0.1, -0.05) is 6.07 Å². The van der Waals surface area contributed by atoms with Gasteiger partial charge in [0.2, 0.25) is 0 Å². The predicted octanol–water partition coefficient (Wildman–Crippen LogP) is 3.98. The van der Waals surface area contributed by atoms with E-state index in [9.17, 15) is 8.78 Å². The molecular weight excluding hydrogens is 266 g/mol. The normalized spacial score (nSPS) is 11.8. The van der Waals surface area contributed by atoms with E-state index in [0.717, 1.165) is 4.88 Å². The summed E-state index contributed by atoms with van der Waals surface area (Å²) in [6.07, 6.45) is 1.66. The van der Waals surface area contributed by atoms with Crippen LogP contribution in [0.5, 0.6) is 0 Å². The Morgan fingerprint density at radius 1 is 1.21 bits per heavy atom. The van der Waals surface area contributed by atoms with E-state index < -0.39 is 11.6 Å². The van der Waals surface area contributed by atoms with Gasteiger partial charge >= 0.3 is 0 Å². The van der Waals surface area contributed by atoms with Crippen LogP contribution in [0.15, 0.2) is 24.4 Å². The summed E-state index contributed by atoms with van der Waals surface area (Å²) in [4.78, 5) is 5.06. The highest BCUT2D eigenvalue weighted by atomic mass is 32.1. The second kappa shape index (κ2) is 5.35. The average Bonchev–Trinajstić information content (AvgIpc) is 2.74. The minimum atomic E-state index is -0.579. The van der Waals surface area contributed by atoms with E-state index in [1.165, 1.54) is 29.5 Å². The minimum absolute atomic E-state index is 0.00655. The highest BCUT2D eigenvalue weighted by Gasteiger charge is 2.15. The summed E-state index contributed by atoms with van der Waals surface area (Å²) < 4.78 is 27.3. The van der Waals surface area contributed by atoms with Crippen molar-refractivity contribution in [1.29, 1.82) is 0 Å². The zero-order valence-electron chi connectivity index (χ0n) is 11.1. The summed E-state index contributed by atoms with van der Waals surface area (Å²) in [6, 6.07) is 3.84. The molecular formula is C14H16F2N2S. The Bertz CT molecular complexity index is 553. The van der Waals surface area contributed by atoms with Crippen molar-refractivity contribution in [3.63, 3.8) is 0 Å². The third kappa shape index (κ3) is 3.58. The Balaban J connectivity index is 2.22. The van der Waals surface area contributed by atoms with Crippen molar-refractivity contribution >= 4 is 11.3 Å². The molecule has 2 aromatic rings. The molecule has 5 heteroatoms. The Kier molecular flexibility index (Phi) is 3.96. The van der Waals surface area contributed by atoms with E-state index in [-0.39, 0.29) is 11.1 Å². The number of hydrogen-bond donors (Lipinski definition) is 1. The van der Waals surface area contributed by atoms with Crippen molar-refractivity contribution in [1.82, 2.24) is 10.3 Å². The lowest BCUT2D eigenvalue weighted by molar-refractivity contribution is 0.426. The van der Waals surface area contributed by atoms with Crippen LogP contribution in [0.2, 0.25) is 0 Å². The summed E-state index contributed by atoms with van der Waals surface area (Å²) in [5, 5.41) is 3.69. The SMILES string of the molecule is CC(C)(C)NCc1cnc(-c2c(F)cccc2F)s1. The van der Waals surface area contributed by atoms with Crippen LogP contribution < -0.4 is 5.32 Å². The molecule has 2 nitrogen and oxygen atoms in total. The third-order valence-electron chi connectivity index (χ3n) is 2.52. The zero-order valence-corrected chi connectivity index (χ0v) is 11.9. The Labute approximate surface area is 115 Å². The molecule has 2 rings (SSSR count). The third-order valence-corrected chi connectivity index (χ3v) is 3.54. The van der Waals surface area contributed by atoms with Crippen molar-refractivity contribution in [2.75, 3.05) is 0 Å². The highest BCUT2D eigenvalue weighted by Crippen LogP contribution is 2.29. The molecule has 19 heavy (non-hydrogen) atoms. The molecule has 0 aliphatic heterocycles. The van der Waals surface area contributed by atoms with E-state index >= 15 is 0 Å². The number of hydrogen-bond acceptors (Lipinski definition) is 3. The predicted molar refractivity (Wildman–Crippen MR) is 74.1 cm³/mol. The van der Waals surface area contributed by atoms with Gasteiger partial charge in [0.1, 0.15) is 16.6 Å². The van der Waals surface area contributed by atoms with Gasteiger partial charge in [-0.25, -0.2) is 13.8 Å². The van der Waals surface area contributed by atoms with Gasteiger partial charge in [0, 0.05) is 23.2 Å². The Hall–Kier alpha value is -1.33. The van der Waals surface area contributed by atoms with Crippen LogP contribution in [0.4, 0.5) is 8.78 Å².